The van der Waals surface area contributed by atoms with Crippen molar-refractivity contribution in [2.75, 3.05) is 6.54 Å². The highest BCUT2D eigenvalue weighted by Gasteiger charge is 2.46. The zero-order valence-corrected chi connectivity index (χ0v) is 17.9. The minimum Gasteiger partial charge on any atom is -0.481 e. The number of halogens is 1. The van der Waals surface area contributed by atoms with Crippen LogP contribution in [0.3, 0.4) is 0 Å². The zero-order valence-electron chi connectivity index (χ0n) is 16.3. The molecule has 0 spiro atoms. The van der Waals surface area contributed by atoms with E-state index in [2.05, 4.69) is 16.9 Å². The van der Waals surface area contributed by atoms with Gasteiger partial charge in [0, 0.05) is 23.4 Å². The molecule has 2 aliphatic rings. The van der Waals surface area contributed by atoms with Crippen LogP contribution in [0.15, 0.2) is 41.8 Å². The minimum atomic E-state index is -3.52. The molecule has 2 N–H and O–H groups in total. The van der Waals surface area contributed by atoms with Gasteiger partial charge in [-0.1, -0.05) is 35.9 Å². The first-order valence-electron chi connectivity index (χ1n) is 10.2. The van der Waals surface area contributed by atoms with Crippen LogP contribution in [0.4, 0.5) is 0 Å². The molecule has 4 atom stereocenters. The van der Waals surface area contributed by atoms with Crippen molar-refractivity contribution in [2.24, 2.45) is 23.7 Å². The molecule has 0 saturated heterocycles. The van der Waals surface area contributed by atoms with Crippen LogP contribution >= 0.6 is 11.6 Å². The summed E-state index contributed by atoms with van der Waals surface area (Å²) in [5.41, 5.74) is 0.741. The lowest BCUT2D eigenvalue weighted by Crippen LogP contribution is -2.34. The van der Waals surface area contributed by atoms with E-state index < -0.39 is 16.0 Å². The van der Waals surface area contributed by atoms with E-state index in [9.17, 15) is 13.2 Å². The maximum Gasteiger partial charge on any atom is 0.303 e. The highest BCUT2D eigenvalue weighted by Crippen LogP contribution is 2.52. The molecular weight excluding hydrogens is 410 g/mol. The van der Waals surface area contributed by atoms with Crippen molar-refractivity contribution in [3.8, 4) is 0 Å². The number of unbranched alkanes of at least 4 members (excludes halogenated alkanes) is 1. The van der Waals surface area contributed by atoms with Gasteiger partial charge in [-0.2, -0.15) is 0 Å². The molecule has 3 rings (SSSR count). The topological polar surface area (TPSA) is 83.5 Å². The average Bonchev–Trinajstić information content (AvgIpc) is 3.26. The number of carbonyl (C=O) groups is 1. The first-order valence-corrected chi connectivity index (χ1v) is 12.1. The van der Waals surface area contributed by atoms with Crippen molar-refractivity contribution >= 4 is 33.7 Å². The summed E-state index contributed by atoms with van der Waals surface area (Å²) in [6.45, 7) is 0.438. The molecule has 2 saturated carbocycles. The summed E-state index contributed by atoms with van der Waals surface area (Å²) in [5.74, 6) is 1.09. The van der Waals surface area contributed by atoms with E-state index in [1.165, 1.54) is 18.2 Å². The Morgan fingerprint density at radius 3 is 2.83 bits per heavy atom. The lowest BCUT2D eigenvalue weighted by molar-refractivity contribution is -0.137. The van der Waals surface area contributed by atoms with Gasteiger partial charge in [-0.05, 0) is 79.5 Å². The standard InChI is InChI=1S/C22H28ClNO4S/c23-19-6-4-5-16(13-19)11-12-29(27,28)24-15-21-18-10-9-17(14-18)20(21)7-2-1-3-8-22(25)26/h2,4-7,11-13,17-18,20-21,24H,1,3,8-10,14-15H2,(H,25,26)/b7-2+,12-11+. The van der Waals surface area contributed by atoms with Crippen LogP contribution in [0.1, 0.15) is 44.1 Å². The van der Waals surface area contributed by atoms with Crippen LogP contribution in [0.2, 0.25) is 5.02 Å². The first-order chi connectivity index (χ1) is 13.8. The molecule has 0 aromatic heterocycles. The molecule has 158 valence electrons. The number of hydrogen-bond acceptors (Lipinski definition) is 3. The summed E-state index contributed by atoms with van der Waals surface area (Å²) in [7, 11) is -3.52. The fraction of sp³-hybridized carbons (Fsp3) is 0.500. The first kappa shape index (κ1) is 22.1. The number of sulfonamides is 1. The molecular formula is C22H28ClNO4S. The SMILES string of the molecule is O=C(O)CCC/C=C/C1C2CCC(C2)C1CNS(=O)(=O)/C=C/c1cccc(Cl)c1. The van der Waals surface area contributed by atoms with Gasteiger partial charge in [0.05, 0.1) is 0 Å². The molecule has 1 aromatic carbocycles. The van der Waals surface area contributed by atoms with Crippen LogP contribution in [0.25, 0.3) is 6.08 Å². The molecule has 2 fully saturated rings. The smallest absolute Gasteiger partial charge is 0.303 e. The number of fused-ring (bicyclic) bond motifs is 2. The third-order valence-corrected chi connectivity index (χ3v) is 7.38. The second kappa shape index (κ2) is 9.92. The largest absolute Gasteiger partial charge is 0.481 e. The van der Waals surface area contributed by atoms with E-state index in [4.69, 9.17) is 16.7 Å². The molecule has 7 heteroatoms. The van der Waals surface area contributed by atoms with Crippen LogP contribution in [0.5, 0.6) is 0 Å². The zero-order chi connectivity index (χ0) is 20.9. The molecule has 0 heterocycles. The van der Waals surface area contributed by atoms with Crippen molar-refractivity contribution in [3.63, 3.8) is 0 Å². The Balaban J connectivity index is 1.56. The summed E-state index contributed by atoms with van der Waals surface area (Å²) in [5, 5.41) is 10.5. The third-order valence-electron chi connectivity index (χ3n) is 6.09. The van der Waals surface area contributed by atoms with E-state index in [0.29, 0.717) is 41.7 Å². The van der Waals surface area contributed by atoms with Gasteiger partial charge in [0.1, 0.15) is 0 Å². The number of carboxylic acid groups (broad SMARTS) is 1. The molecule has 0 aliphatic heterocycles. The Hall–Kier alpha value is -1.63. The number of benzene rings is 1. The van der Waals surface area contributed by atoms with E-state index in [1.807, 2.05) is 0 Å². The third kappa shape index (κ3) is 6.43. The lowest BCUT2D eigenvalue weighted by atomic mass is 9.79. The number of hydrogen-bond donors (Lipinski definition) is 2. The van der Waals surface area contributed by atoms with Crippen LogP contribution in [0, 0.1) is 23.7 Å². The predicted molar refractivity (Wildman–Crippen MR) is 116 cm³/mol. The molecule has 2 aliphatic carbocycles. The summed E-state index contributed by atoms with van der Waals surface area (Å²) < 4.78 is 27.6. The van der Waals surface area contributed by atoms with Crippen molar-refractivity contribution in [1.82, 2.24) is 4.72 Å². The van der Waals surface area contributed by atoms with E-state index in [-0.39, 0.29) is 6.42 Å². The van der Waals surface area contributed by atoms with Gasteiger partial charge in [-0.25, -0.2) is 13.1 Å². The van der Waals surface area contributed by atoms with Gasteiger partial charge in [0.2, 0.25) is 10.0 Å². The highest BCUT2D eigenvalue weighted by atomic mass is 35.5. The molecule has 5 nitrogen and oxygen atoms in total. The van der Waals surface area contributed by atoms with Gasteiger partial charge in [0.25, 0.3) is 0 Å². The molecule has 1 aromatic rings. The second-order valence-corrected chi connectivity index (χ2v) is 10.1. The van der Waals surface area contributed by atoms with Crippen LogP contribution in [-0.4, -0.2) is 26.0 Å². The van der Waals surface area contributed by atoms with Crippen molar-refractivity contribution in [1.29, 1.82) is 0 Å². The quantitative estimate of drug-likeness (QED) is 0.410. The van der Waals surface area contributed by atoms with Gasteiger partial charge >= 0.3 is 5.97 Å². The maximum atomic E-state index is 12.4. The van der Waals surface area contributed by atoms with Gasteiger partial charge in [-0.3, -0.25) is 4.79 Å². The van der Waals surface area contributed by atoms with Crippen molar-refractivity contribution < 1.29 is 18.3 Å². The average molecular weight is 438 g/mol. The second-order valence-electron chi connectivity index (χ2n) is 8.04. The molecule has 0 radical (unpaired) electrons. The van der Waals surface area contributed by atoms with E-state index in [1.54, 1.807) is 30.3 Å². The number of nitrogens with one attached hydrogen (secondary N) is 1. The highest BCUT2D eigenvalue weighted by molar-refractivity contribution is 7.92. The van der Waals surface area contributed by atoms with Gasteiger partial charge < -0.3 is 5.11 Å². The predicted octanol–water partition coefficient (Wildman–Crippen LogP) is 4.70. The van der Waals surface area contributed by atoms with Crippen molar-refractivity contribution in [3.05, 3.63) is 52.4 Å². The molecule has 29 heavy (non-hydrogen) atoms. The summed E-state index contributed by atoms with van der Waals surface area (Å²) >= 11 is 5.94. The fourth-order valence-corrected chi connectivity index (χ4v) is 5.78. The van der Waals surface area contributed by atoms with Gasteiger partial charge in [0.15, 0.2) is 0 Å². The number of aliphatic carboxylic acids is 1. The number of allylic oxidation sites excluding steroid dienone is 2. The van der Waals surface area contributed by atoms with Crippen molar-refractivity contribution in [2.45, 2.75) is 38.5 Å². The molecule has 0 amide bonds. The van der Waals surface area contributed by atoms with E-state index in [0.717, 1.165) is 18.4 Å². The minimum absolute atomic E-state index is 0.184. The van der Waals surface area contributed by atoms with E-state index >= 15 is 0 Å². The summed E-state index contributed by atoms with van der Waals surface area (Å²) in [6, 6.07) is 7.05. The lowest BCUT2D eigenvalue weighted by Gasteiger charge is -2.29. The fourth-order valence-electron chi connectivity index (χ4n) is 4.72. The van der Waals surface area contributed by atoms with Crippen LogP contribution < -0.4 is 4.72 Å². The number of carboxylic acids is 1. The summed E-state index contributed by atoms with van der Waals surface area (Å²) in [4.78, 5) is 10.6. The Kier molecular flexibility index (Phi) is 7.55. The molecule has 2 bridgehead atoms. The Labute approximate surface area is 177 Å². The number of rotatable bonds is 10. The Morgan fingerprint density at radius 1 is 1.28 bits per heavy atom. The maximum absolute atomic E-state index is 12.4. The Morgan fingerprint density at radius 2 is 2.07 bits per heavy atom. The van der Waals surface area contributed by atoms with Crippen LogP contribution in [-0.2, 0) is 14.8 Å². The Bertz CT molecular complexity index is 881. The normalized spacial score (nSPS) is 26.7. The summed E-state index contributed by atoms with van der Waals surface area (Å²) in [6.07, 6.45) is 10.9. The van der Waals surface area contributed by atoms with Gasteiger partial charge in [-0.15, -0.1) is 0 Å². The monoisotopic (exact) mass is 437 g/mol. The molecule has 4 unspecified atom stereocenters.